The Balaban J connectivity index is 1.24. The number of hydrogen-bond donors (Lipinski definition) is 2. The lowest BCUT2D eigenvalue weighted by atomic mass is 10.1. The van der Waals surface area contributed by atoms with Crippen molar-refractivity contribution in [2.45, 2.75) is 26.7 Å². The van der Waals surface area contributed by atoms with Crippen LogP contribution < -0.4 is 20.3 Å². The first-order valence-electron chi connectivity index (χ1n) is 13.0. The molecule has 2 aromatic carbocycles. The van der Waals surface area contributed by atoms with Crippen molar-refractivity contribution >= 4 is 45.0 Å². The number of carbonyl (C=O) groups excluding carboxylic acids is 3. The molecule has 1 atom stereocenters. The Labute approximate surface area is 232 Å². The van der Waals surface area contributed by atoms with Crippen LogP contribution >= 0.6 is 15.9 Å². The third-order valence-electron chi connectivity index (χ3n) is 6.87. The summed E-state index contributed by atoms with van der Waals surface area (Å²) in [5.74, 6) is -0.264. The summed E-state index contributed by atoms with van der Waals surface area (Å²) in [5, 5.41) is 5.92. The molecule has 0 saturated carbocycles. The van der Waals surface area contributed by atoms with E-state index < -0.39 is 0 Å². The maximum absolute atomic E-state index is 12.6. The van der Waals surface area contributed by atoms with Crippen molar-refractivity contribution in [1.82, 2.24) is 10.2 Å². The van der Waals surface area contributed by atoms with Gasteiger partial charge in [-0.15, -0.1) is 0 Å². The molecule has 204 valence electrons. The van der Waals surface area contributed by atoms with E-state index in [1.807, 2.05) is 26.0 Å². The Bertz CT molecular complexity index is 1150. The van der Waals surface area contributed by atoms with Crippen LogP contribution in [0.1, 0.15) is 24.5 Å². The minimum Gasteiger partial charge on any atom is -0.484 e. The van der Waals surface area contributed by atoms with Gasteiger partial charge in [-0.05, 0) is 60.9 Å². The number of anilines is 2. The molecule has 2 aromatic rings. The number of nitrogens with one attached hydrogen (secondary N) is 2. The van der Waals surface area contributed by atoms with E-state index in [1.165, 1.54) is 0 Å². The van der Waals surface area contributed by atoms with Crippen LogP contribution in [0.4, 0.5) is 11.4 Å². The lowest BCUT2D eigenvalue weighted by Gasteiger charge is -2.26. The van der Waals surface area contributed by atoms with Crippen molar-refractivity contribution < 1.29 is 23.9 Å². The van der Waals surface area contributed by atoms with Crippen LogP contribution in [0.3, 0.4) is 0 Å². The van der Waals surface area contributed by atoms with Gasteiger partial charge in [0.1, 0.15) is 5.75 Å². The molecule has 9 nitrogen and oxygen atoms in total. The third-order valence-corrected chi connectivity index (χ3v) is 7.33. The van der Waals surface area contributed by atoms with E-state index in [9.17, 15) is 14.4 Å². The van der Waals surface area contributed by atoms with E-state index >= 15 is 0 Å². The van der Waals surface area contributed by atoms with Crippen LogP contribution in [0.5, 0.6) is 5.75 Å². The Morgan fingerprint density at radius 3 is 2.61 bits per heavy atom. The number of benzene rings is 2. The van der Waals surface area contributed by atoms with Gasteiger partial charge in [-0.3, -0.25) is 19.3 Å². The second-order valence-electron chi connectivity index (χ2n) is 9.59. The molecule has 0 aromatic heterocycles. The average molecular weight is 588 g/mol. The van der Waals surface area contributed by atoms with Crippen molar-refractivity contribution in [3.8, 4) is 5.75 Å². The maximum atomic E-state index is 12.6. The number of nitrogens with zero attached hydrogens (tertiary/aromatic N) is 2. The van der Waals surface area contributed by atoms with Gasteiger partial charge in [0.15, 0.2) is 6.61 Å². The molecule has 3 amide bonds. The predicted molar refractivity (Wildman–Crippen MR) is 150 cm³/mol. The molecule has 2 aliphatic heterocycles. The molecule has 0 unspecified atom stereocenters. The van der Waals surface area contributed by atoms with Crippen LogP contribution in [-0.2, 0) is 25.5 Å². The number of halogens is 1. The number of carbonyl (C=O) groups is 3. The molecule has 0 radical (unpaired) electrons. The smallest absolute Gasteiger partial charge is 0.262 e. The second kappa shape index (κ2) is 13.2. The van der Waals surface area contributed by atoms with E-state index in [0.29, 0.717) is 24.5 Å². The van der Waals surface area contributed by atoms with Crippen molar-refractivity contribution in [3.05, 3.63) is 52.0 Å². The quantitative estimate of drug-likeness (QED) is 0.443. The Morgan fingerprint density at radius 2 is 1.89 bits per heavy atom. The Morgan fingerprint density at radius 1 is 1.16 bits per heavy atom. The van der Waals surface area contributed by atoms with Gasteiger partial charge >= 0.3 is 0 Å². The average Bonchev–Trinajstić information content (AvgIpc) is 3.31. The van der Waals surface area contributed by atoms with E-state index in [0.717, 1.165) is 60.6 Å². The highest BCUT2D eigenvalue weighted by Gasteiger charge is 2.35. The standard InChI is InChI=1S/C28H35BrN4O5/c1-3-20-15-22(29)14-19(2)27(20)31-25(34)18-38-24-6-4-23(5-7-24)33-17-21(16-26(33)35)28(36)30-8-9-32-10-12-37-13-11-32/h4-7,14-15,21H,3,8-13,16-18H2,1-2H3,(H,30,36)(H,31,34)/t21-/m1/s1. The molecule has 2 fully saturated rings. The largest absolute Gasteiger partial charge is 0.484 e. The predicted octanol–water partition coefficient (Wildman–Crippen LogP) is 3.14. The summed E-state index contributed by atoms with van der Waals surface area (Å²) >= 11 is 3.50. The lowest BCUT2D eigenvalue weighted by Crippen LogP contribution is -2.42. The van der Waals surface area contributed by atoms with E-state index in [-0.39, 0.29) is 36.7 Å². The first-order chi connectivity index (χ1) is 18.3. The molecule has 2 N–H and O–H groups in total. The summed E-state index contributed by atoms with van der Waals surface area (Å²) in [6.07, 6.45) is 0.988. The van der Waals surface area contributed by atoms with Gasteiger partial charge in [-0.1, -0.05) is 22.9 Å². The lowest BCUT2D eigenvalue weighted by molar-refractivity contribution is -0.126. The summed E-state index contributed by atoms with van der Waals surface area (Å²) in [6.45, 7) is 8.75. The maximum Gasteiger partial charge on any atom is 0.262 e. The van der Waals surface area contributed by atoms with Crippen LogP contribution in [0.2, 0.25) is 0 Å². The minimum atomic E-state index is -0.373. The third kappa shape index (κ3) is 7.33. The SMILES string of the molecule is CCc1cc(Br)cc(C)c1NC(=O)COc1ccc(N2C[C@H](C(=O)NCCN3CCOCC3)CC2=O)cc1. The van der Waals surface area contributed by atoms with E-state index in [1.54, 1.807) is 29.2 Å². The molecule has 2 heterocycles. The molecule has 0 spiro atoms. The zero-order chi connectivity index (χ0) is 27.1. The highest BCUT2D eigenvalue weighted by Crippen LogP contribution is 2.28. The van der Waals surface area contributed by atoms with Crippen molar-refractivity contribution in [1.29, 1.82) is 0 Å². The van der Waals surface area contributed by atoms with Gasteiger partial charge in [-0.25, -0.2) is 0 Å². The van der Waals surface area contributed by atoms with Crippen LogP contribution in [0.15, 0.2) is 40.9 Å². The van der Waals surface area contributed by atoms with Gasteiger partial charge in [0.2, 0.25) is 11.8 Å². The number of amides is 3. The number of aryl methyl sites for hydroxylation is 2. The van der Waals surface area contributed by atoms with Gasteiger partial charge in [0.05, 0.1) is 19.1 Å². The van der Waals surface area contributed by atoms with Crippen molar-refractivity contribution in [2.75, 3.05) is 62.8 Å². The summed E-state index contributed by atoms with van der Waals surface area (Å²) in [7, 11) is 0. The van der Waals surface area contributed by atoms with Crippen LogP contribution in [0.25, 0.3) is 0 Å². The number of rotatable bonds is 10. The zero-order valence-corrected chi connectivity index (χ0v) is 23.5. The summed E-state index contributed by atoms with van der Waals surface area (Å²) in [5.41, 5.74) is 3.54. The highest BCUT2D eigenvalue weighted by molar-refractivity contribution is 9.10. The topological polar surface area (TPSA) is 100 Å². The number of morpholine rings is 1. The van der Waals surface area contributed by atoms with Gasteiger partial charge < -0.3 is 25.0 Å². The van der Waals surface area contributed by atoms with Crippen LogP contribution in [-0.4, -0.2) is 75.2 Å². The summed E-state index contributed by atoms with van der Waals surface area (Å²) in [4.78, 5) is 41.7. The van der Waals surface area contributed by atoms with Gasteiger partial charge in [0, 0.05) is 55.0 Å². The first kappa shape index (κ1) is 28.1. The molecule has 2 saturated heterocycles. The fourth-order valence-corrected chi connectivity index (χ4v) is 5.38. The van der Waals surface area contributed by atoms with Gasteiger partial charge in [0.25, 0.3) is 5.91 Å². The van der Waals surface area contributed by atoms with E-state index in [4.69, 9.17) is 9.47 Å². The number of hydrogen-bond acceptors (Lipinski definition) is 6. The molecule has 4 rings (SSSR count). The Kier molecular flexibility index (Phi) is 9.76. The van der Waals surface area contributed by atoms with Crippen LogP contribution in [0, 0.1) is 12.8 Å². The van der Waals surface area contributed by atoms with Crippen molar-refractivity contribution in [3.63, 3.8) is 0 Å². The minimum absolute atomic E-state index is 0.0806. The highest BCUT2D eigenvalue weighted by atomic mass is 79.9. The number of ether oxygens (including phenoxy) is 2. The molecule has 10 heteroatoms. The Hall–Kier alpha value is -2.95. The monoisotopic (exact) mass is 586 g/mol. The molecule has 38 heavy (non-hydrogen) atoms. The molecular weight excluding hydrogens is 552 g/mol. The zero-order valence-electron chi connectivity index (χ0n) is 21.9. The fourth-order valence-electron chi connectivity index (χ4n) is 4.76. The van der Waals surface area contributed by atoms with E-state index in [2.05, 4.69) is 31.5 Å². The van der Waals surface area contributed by atoms with Crippen molar-refractivity contribution in [2.24, 2.45) is 5.92 Å². The first-order valence-corrected chi connectivity index (χ1v) is 13.8. The molecule has 0 bridgehead atoms. The molecule has 0 aliphatic carbocycles. The fraction of sp³-hybridized carbons (Fsp3) is 0.464. The molecule has 2 aliphatic rings. The van der Waals surface area contributed by atoms with Gasteiger partial charge in [-0.2, -0.15) is 0 Å². The normalized spacial score (nSPS) is 17.9. The molecular formula is C28H35BrN4O5. The second-order valence-corrected chi connectivity index (χ2v) is 10.5. The summed E-state index contributed by atoms with van der Waals surface area (Å²) < 4.78 is 12.0. The summed E-state index contributed by atoms with van der Waals surface area (Å²) in [6, 6.07) is 11.0.